The van der Waals surface area contributed by atoms with Gasteiger partial charge in [0, 0.05) is 11.1 Å². The third-order valence-electron chi connectivity index (χ3n) is 5.64. The van der Waals surface area contributed by atoms with Gasteiger partial charge in [0.15, 0.2) is 0 Å². The van der Waals surface area contributed by atoms with Crippen LogP contribution in [0.1, 0.15) is 16.7 Å². The van der Waals surface area contributed by atoms with Gasteiger partial charge in [-0.2, -0.15) is 0 Å². The smallest absolute Gasteiger partial charge is 0.235 e. The zero-order chi connectivity index (χ0) is 25.1. The molecule has 0 N–H and O–H groups in total. The Balaban J connectivity index is 1.30. The fourth-order valence-electron chi connectivity index (χ4n) is 3.83. The Labute approximate surface area is 213 Å². The lowest BCUT2D eigenvalue weighted by molar-refractivity contribution is 0.305. The minimum atomic E-state index is -0.265. The SMILES string of the molecule is Cc1cc(Oc2coc3cc(OCc4cccc(Oc5ccccc5)c4)ccc3c2=O)cc(C)c1Cl. The van der Waals surface area contributed by atoms with Crippen LogP contribution in [0.4, 0.5) is 0 Å². The van der Waals surface area contributed by atoms with Crippen LogP contribution in [-0.4, -0.2) is 0 Å². The van der Waals surface area contributed by atoms with Crippen molar-refractivity contribution in [3.63, 3.8) is 0 Å². The number of benzene rings is 4. The van der Waals surface area contributed by atoms with Gasteiger partial charge in [-0.1, -0.05) is 41.9 Å². The standard InChI is InChI=1S/C30H23ClO5/c1-19-13-25(14-20(2)29(19)31)36-28-18-34-27-16-23(11-12-26(27)30(28)32)33-17-21-7-6-10-24(15-21)35-22-8-4-3-5-9-22/h3-16,18H,17H2,1-2H3. The van der Waals surface area contributed by atoms with Gasteiger partial charge in [-0.25, -0.2) is 0 Å². The Morgan fingerprint density at radius 1 is 0.750 bits per heavy atom. The number of para-hydroxylation sites is 1. The molecule has 36 heavy (non-hydrogen) atoms. The second-order valence-electron chi connectivity index (χ2n) is 8.41. The first kappa shape index (κ1) is 23.5. The quantitative estimate of drug-likeness (QED) is 0.226. The molecule has 0 radical (unpaired) electrons. The molecule has 1 heterocycles. The van der Waals surface area contributed by atoms with Crippen molar-refractivity contribution in [1.82, 2.24) is 0 Å². The van der Waals surface area contributed by atoms with Crippen molar-refractivity contribution >= 4 is 22.6 Å². The molecule has 180 valence electrons. The van der Waals surface area contributed by atoms with E-state index in [0.29, 0.717) is 34.1 Å². The van der Waals surface area contributed by atoms with Crippen molar-refractivity contribution in [2.45, 2.75) is 20.5 Å². The van der Waals surface area contributed by atoms with Crippen LogP contribution < -0.4 is 19.6 Å². The van der Waals surface area contributed by atoms with Crippen LogP contribution in [0.5, 0.6) is 28.7 Å². The summed E-state index contributed by atoms with van der Waals surface area (Å²) in [6.45, 7) is 4.11. The Morgan fingerprint density at radius 2 is 1.50 bits per heavy atom. The highest BCUT2D eigenvalue weighted by Crippen LogP contribution is 2.30. The second kappa shape index (κ2) is 10.2. The van der Waals surface area contributed by atoms with Gasteiger partial charge in [-0.15, -0.1) is 0 Å². The van der Waals surface area contributed by atoms with Gasteiger partial charge in [0.25, 0.3) is 0 Å². The topological polar surface area (TPSA) is 57.9 Å². The van der Waals surface area contributed by atoms with Crippen LogP contribution in [0.3, 0.4) is 0 Å². The van der Waals surface area contributed by atoms with Crippen molar-refractivity contribution in [1.29, 1.82) is 0 Å². The minimum absolute atomic E-state index is 0.104. The van der Waals surface area contributed by atoms with E-state index in [-0.39, 0.29) is 11.2 Å². The summed E-state index contributed by atoms with van der Waals surface area (Å²) in [5.74, 6) is 2.71. The lowest BCUT2D eigenvalue weighted by Gasteiger charge is -2.11. The number of halogens is 1. The van der Waals surface area contributed by atoms with Gasteiger partial charge in [0.2, 0.25) is 11.2 Å². The molecule has 0 bridgehead atoms. The largest absolute Gasteiger partial charge is 0.489 e. The van der Waals surface area contributed by atoms with Crippen LogP contribution in [0, 0.1) is 13.8 Å². The second-order valence-corrected chi connectivity index (χ2v) is 8.79. The monoisotopic (exact) mass is 498 g/mol. The molecular formula is C30H23ClO5. The van der Waals surface area contributed by atoms with E-state index in [1.54, 1.807) is 30.3 Å². The molecule has 0 aliphatic carbocycles. The molecule has 0 amide bonds. The molecule has 1 aromatic heterocycles. The van der Waals surface area contributed by atoms with Gasteiger partial charge in [0.05, 0.1) is 5.39 Å². The predicted molar refractivity (Wildman–Crippen MR) is 141 cm³/mol. The number of hydrogen-bond acceptors (Lipinski definition) is 5. The van der Waals surface area contributed by atoms with Crippen molar-refractivity contribution in [2.24, 2.45) is 0 Å². The first-order valence-electron chi connectivity index (χ1n) is 11.4. The van der Waals surface area contributed by atoms with Crippen molar-refractivity contribution in [3.05, 3.63) is 123 Å². The maximum absolute atomic E-state index is 13.0. The van der Waals surface area contributed by atoms with Crippen LogP contribution in [0.25, 0.3) is 11.0 Å². The van der Waals surface area contributed by atoms with Crippen LogP contribution in [0.2, 0.25) is 5.02 Å². The van der Waals surface area contributed by atoms with E-state index in [2.05, 4.69) is 0 Å². The van der Waals surface area contributed by atoms with Gasteiger partial charge in [-0.3, -0.25) is 4.79 Å². The Kier molecular flexibility index (Phi) is 6.65. The molecule has 0 saturated heterocycles. The molecule has 4 aromatic carbocycles. The summed E-state index contributed by atoms with van der Waals surface area (Å²) in [6, 6.07) is 26.0. The molecule has 0 saturated carbocycles. The molecule has 6 heteroatoms. The van der Waals surface area contributed by atoms with Crippen molar-refractivity contribution in [3.8, 4) is 28.7 Å². The van der Waals surface area contributed by atoms with Gasteiger partial charge in [0.1, 0.15) is 41.5 Å². The third-order valence-corrected chi connectivity index (χ3v) is 6.23. The Hall–Kier alpha value is -4.22. The van der Waals surface area contributed by atoms with Crippen molar-refractivity contribution in [2.75, 3.05) is 0 Å². The highest BCUT2D eigenvalue weighted by molar-refractivity contribution is 6.32. The minimum Gasteiger partial charge on any atom is -0.489 e. The molecule has 0 fully saturated rings. The predicted octanol–water partition coefficient (Wildman–Crippen LogP) is 8.23. The van der Waals surface area contributed by atoms with E-state index in [0.717, 1.165) is 28.2 Å². The summed E-state index contributed by atoms with van der Waals surface area (Å²) < 4.78 is 23.4. The lowest BCUT2D eigenvalue weighted by Crippen LogP contribution is -2.05. The number of ether oxygens (including phenoxy) is 3. The molecule has 5 nitrogen and oxygen atoms in total. The van der Waals surface area contributed by atoms with Crippen LogP contribution >= 0.6 is 11.6 Å². The van der Waals surface area contributed by atoms with E-state index in [4.69, 9.17) is 30.2 Å². The number of rotatable bonds is 7. The number of hydrogen-bond donors (Lipinski definition) is 0. The van der Waals surface area contributed by atoms with E-state index < -0.39 is 0 Å². The summed E-state index contributed by atoms with van der Waals surface area (Å²) in [5.41, 5.74) is 2.84. The van der Waals surface area contributed by atoms with E-state index in [1.807, 2.05) is 68.4 Å². The molecule has 5 aromatic rings. The maximum Gasteiger partial charge on any atom is 0.235 e. The number of fused-ring (bicyclic) bond motifs is 1. The lowest BCUT2D eigenvalue weighted by atomic mass is 10.1. The fraction of sp³-hybridized carbons (Fsp3) is 0.100. The van der Waals surface area contributed by atoms with Gasteiger partial charge >= 0.3 is 0 Å². The van der Waals surface area contributed by atoms with Gasteiger partial charge < -0.3 is 18.6 Å². The highest BCUT2D eigenvalue weighted by Gasteiger charge is 2.12. The van der Waals surface area contributed by atoms with Gasteiger partial charge in [-0.05, 0) is 79.1 Å². The molecule has 0 atom stereocenters. The van der Waals surface area contributed by atoms with Crippen LogP contribution in [-0.2, 0) is 6.61 Å². The summed E-state index contributed by atoms with van der Waals surface area (Å²) in [4.78, 5) is 13.0. The summed E-state index contributed by atoms with van der Waals surface area (Å²) in [5, 5.41) is 1.08. The average molecular weight is 499 g/mol. The molecule has 0 spiro atoms. The first-order chi connectivity index (χ1) is 17.5. The summed E-state index contributed by atoms with van der Waals surface area (Å²) in [6.07, 6.45) is 1.32. The zero-order valence-corrected chi connectivity index (χ0v) is 20.5. The third kappa shape index (κ3) is 5.21. The summed E-state index contributed by atoms with van der Waals surface area (Å²) >= 11 is 6.23. The van der Waals surface area contributed by atoms with E-state index in [9.17, 15) is 4.79 Å². The molecule has 0 aliphatic heterocycles. The zero-order valence-electron chi connectivity index (χ0n) is 19.8. The summed E-state index contributed by atoms with van der Waals surface area (Å²) in [7, 11) is 0. The maximum atomic E-state index is 13.0. The average Bonchev–Trinajstić information content (AvgIpc) is 2.88. The highest BCUT2D eigenvalue weighted by atomic mass is 35.5. The molecular weight excluding hydrogens is 476 g/mol. The Bertz CT molecular complexity index is 1570. The fourth-order valence-corrected chi connectivity index (χ4v) is 3.94. The normalized spacial score (nSPS) is 10.9. The molecule has 5 rings (SSSR count). The first-order valence-corrected chi connectivity index (χ1v) is 11.8. The Morgan fingerprint density at radius 3 is 2.28 bits per heavy atom. The number of aryl methyl sites for hydroxylation is 2. The molecule has 0 unspecified atom stereocenters. The molecule has 0 aliphatic rings. The van der Waals surface area contributed by atoms with E-state index >= 15 is 0 Å². The van der Waals surface area contributed by atoms with Crippen LogP contribution in [0.15, 0.2) is 100 Å². The van der Waals surface area contributed by atoms with Crippen molar-refractivity contribution < 1.29 is 18.6 Å². The van der Waals surface area contributed by atoms with E-state index in [1.165, 1.54) is 6.26 Å².